The maximum absolute atomic E-state index is 11.3. The monoisotopic (exact) mass is 235 g/mol. The van der Waals surface area contributed by atoms with Gasteiger partial charge in [0.15, 0.2) is 0 Å². The van der Waals surface area contributed by atoms with Gasteiger partial charge in [0.1, 0.15) is 6.04 Å². The SMILES string of the molecule is O=C(O)C(Cc1ccccc1)N1CCOCC1. The van der Waals surface area contributed by atoms with Gasteiger partial charge in [-0.3, -0.25) is 9.69 Å². The van der Waals surface area contributed by atoms with Gasteiger partial charge in [0.25, 0.3) is 0 Å². The second-order valence-electron chi connectivity index (χ2n) is 4.19. The summed E-state index contributed by atoms with van der Waals surface area (Å²) in [5.41, 5.74) is 1.06. The molecule has 0 bridgehead atoms. The normalized spacial score (nSPS) is 18.8. The van der Waals surface area contributed by atoms with Crippen LogP contribution in [0.25, 0.3) is 0 Å². The quantitative estimate of drug-likeness (QED) is 0.846. The molecule has 0 saturated carbocycles. The summed E-state index contributed by atoms with van der Waals surface area (Å²) < 4.78 is 5.25. The second kappa shape index (κ2) is 5.80. The average Bonchev–Trinajstić information content (AvgIpc) is 2.38. The van der Waals surface area contributed by atoms with Crippen molar-refractivity contribution in [2.24, 2.45) is 0 Å². The Kier molecular flexibility index (Phi) is 4.12. The minimum absolute atomic E-state index is 0.443. The smallest absolute Gasteiger partial charge is 0.321 e. The Labute approximate surface area is 101 Å². The molecular weight excluding hydrogens is 218 g/mol. The first-order chi connectivity index (χ1) is 8.27. The minimum Gasteiger partial charge on any atom is -0.480 e. The van der Waals surface area contributed by atoms with Gasteiger partial charge >= 0.3 is 5.97 Å². The number of rotatable bonds is 4. The predicted molar refractivity (Wildman–Crippen MR) is 64.0 cm³/mol. The zero-order valence-corrected chi connectivity index (χ0v) is 9.71. The third-order valence-corrected chi connectivity index (χ3v) is 3.04. The number of hydrogen-bond donors (Lipinski definition) is 1. The van der Waals surface area contributed by atoms with Crippen LogP contribution in [0.1, 0.15) is 5.56 Å². The van der Waals surface area contributed by atoms with Crippen LogP contribution in [-0.4, -0.2) is 48.3 Å². The molecule has 1 aromatic carbocycles. The summed E-state index contributed by atoms with van der Waals surface area (Å²) in [7, 11) is 0. The van der Waals surface area contributed by atoms with E-state index in [2.05, 4.69) is 0 Å². The predicted octanol–water partition coefficient (Wildman–Crippen LogP) is 1.01. The van der Waals surface area contributed by atoms with Crippen molar-refractivity contribution >= 4 is 5.97 Å². The fraction of sp³-hybridized carbons (Fsp3) is 0.462. The van der Waals surface area contributed by atoms with Crippen molar-refractivity contribution in [2.75, 3.05) is 26.3 Å². The third kappa shape index (κ3) is 3.28. The number of carbonyl (C=O) groups is 1. The van der Waals surface area contributed by atoms with E-state index in [1.54, 1.807) is 0 Å². The van der Waals surface area contributed by atoms with E-state index in [0.717, 1.165) is 5.56 Å². The molecule has 0 amide bonds. The van der Waals surface area contributed by atoms with Gasteiger partial charge in [-0.05, 0) is 12.0 Å². The Morgan fingerprint density at radius 2 is 1.94 bits per heavy atom. The lowest BCUT2D eigenvalue weighted by Crippen LogP contribution is -2.48. The molecule has 0 spiro atoms. The average molecular weight is 235 g/mol. The molecule has 0 aromatic heterocycles. The Balaban J connectivity index is 2.04. The molecule has 2 rings (SSSR count). The molecule has 1 aliphatic heterocycles. The molecule has 1 unspecified atom stereocenters. The van der Waals surface area contributed by atoms with Crippen molar-refractivity contribution in [1.29, 1.82) is 0 Å². The largest absolute Gasteiger partial charge is 0.480 e. The van der Waals surface area contributed by atoms with E-state index in [9.17, 15) is 9.90 Å². The summed E-state index contributed by atoms with van der Waals surface area (Å²) >= 11 is 0. The van der Waals surface area contributed by atoms with Gasteiger partial charge in [-0.15, -0.1) is 0 Å². The lowest BCUT2D eigenvalue weighted by molar-refractivity contribution is -0.145. The summed E-state index contributed by atoms with van der Waals surface area (Å²) in [4.78, 5) is 13.3. The Morgan fingerprint density at radius 3 is 2.53 bits per heavy atom. The summed E-state index contributed by atoms with van der Waals surface area (Å²) in [6.45, 7) is 2.64. The van der Waals surface area contributed by atoms with Gasteiger partial charge in [0.2, 0.25) is 0 Å². The lowest BCUT2D eigenvalue weighted by Gasteiger charge is -2.31. The molecule has 0 aliphatic carbocycles. The van der Waals surface area contributed by atoms with Gasteiger partial charge in [0, 0.05) is 13.1 Å². The first-order valence-electron chi connectivity index (χ1n) is 5.86. The zero-order valence-electron chi connectivity index (χ0n) is 9.71. The van der Waals surface area contributed by atoms with Crippen molar-refractivity contribution in [2.45, 2.75) is 12.5 Å². The Hall–Kier alpha value is -1.39. The Morgan fingerprint density at radius 1 is 1.29 bits per heavy atom. The molecule has 1 N–H and O–H groups in total. The van der Waals surface area contributed by atoms with E-state index in [1.165, 1.54) is 0 Å². The van der Waals surface area contributed by atoms with E-state index in [1.807, 2.05) is 35.2 Å². The van der Waals surface area contributed by atoms with Gasteiger partial charge in [-0.25, -0.2) is 0 Å². The summed E-state index contributed by atoms with van der Waals surface area (Å²) in [5, 5.41) is 9.30. The summed E-state index contributed by atoms with van der Waals surface area (Å²) in [6, 6.07) is 9.31. The van der Waals surface area contributed by atoms with Crippen molar-refractivity contribution in [3.63, 3.8) is 0 Å². The number of nitrogens with zero attached hydrogens (tertiary/aromatic N) is 1. The molecule has 1 saturated heterocycles. The maximum Gasteiger partial charge on any atom is 0.321 e. The molecule has 1 heterocycles. The molecule has 1 aliphatic rings. The molecule has 17 heavy (non-hydrogen) atoms. The van der Waals surface area contributed by atoms with Crippen LogP contribution in [0.3, 0.4) is 0 Å². The number of morpholine rings is 1. The van der Waals surface area contributed by atoms with Crippen LogP contribution in [0.2, 0.25) is 0 Å². The topological polar surface area (TPSA) is 49.8 Å². The number of ether oxygens (including phenoxy) is 1. The van der Waals surface area contributed by atoms with E-state index in [-0.39, 0.29) is 0 Å². The summed E-state index contributed by atoms with van der Waals surface area (Å²) in [5.74, 6) is -0.754. The van der Waals surface area contributed by atoms with Crippen LogP contribution in [0.4, 0.5) is 0 Å². The van der Waals surface area contributed by atoms with Gasteiger partial charge in [0.05, 0.1) is 13.2 Å². The van der Waals surface area contributed by atoms with Crippen LogP contribution in [0.5, 0.6) is 0 Å². The van der Waals surface area contributed by atoms with Gasteiger partial charge < -0.3 is 9.84 Å². The fourth-order valence-corrected chi connectivity index (χ4v) is 2.10. The molecule has 92 valence electrons. The highest BCUT2D eigenvalue weighted by Crippen LogP contribution is 2.11. The van der Waals surface area contributed by atoms with E-state index in [0.29, 0.717) is 32.7 Å². The molecule has 4 nitrogen and oxygen atoms in total. The molecule has 1 aromatic rings. The summed E-state index contributed by atoms with van der Waals surface area (Å²) in [6.07, 6.45) is 0.552. The molecule has 1 fully saturated rings. The van der Waals surface area contributed by atoms with E-state index >= 15 is 0 Å². The molecular formula is C13H17NO3. The highest BCUT2D eigenvalue weighted by molar-refractivity contribution is 5.74. The van der Waals surface area contributed by atoms with Crippen LogP contribution >= 0.6 is 0 Å². The van der Waals surface area contributed by atoms with Crippen molar-refractivity contribution < 1.29 is 14.6 Å². The van der Waals surface area contributed by atoms with Crippen LogP contribution < -0.4 is 0 Å². The maximum atomic E-state index is 11.3. The van der Waals surface area contributed by atoms with Crippen LogP contribution in [0, 0.1) is 0 Å². The van der Waals surface area contributed by atoms with Gasteiger partial charge in [-0.2, -0.15) is 0 Å². The first kappa shape index (κ1) is 12.1. The van der Waals surface area contributed by atoms with E-state index < -0.39 is 12.0 Å². The second-order valence-corrected chi connectivity index (χ2v) is 4.19. The molecule has 0 radical (unpaired) electrons. The number of hydrogen-bond acceptors (Lipinski definition) is 3. The van der Waals surface area contributed by atoms with Gasteiger partial charge in [-0.1, -0.05) is 30.3 Å². The standard InChI is InChI=1S/C13H17NO3/c15-13(16)12(14-6-8-17-9-7-14)10-11-4-2-1-3-5-11/h1-5,12H,6-10H2,(H,15,16). The van der Waals surface area contributed by atoms with Crippen molar-refractivity contribution in [3.8, 4) is 0 Å². The number of carboxylic acid groups (broad SMARTS) is 1. The van der Waals surface area contributed by atoms with Crippen LogP contribution in [0.15, 0.2) is 30.3 Å². The minimum atomic E-state index is -0.754. The number of aliphatic carboxylic acids is 1. The molecule has 4 heteroatoms. The third-order valence-electron chi connectivity index (χ3n) is 3.04. The lowest BCUT2D eigenvalue weighted by atomic mass is 10.0. The Bertz CT molecular complexity index is 360. The van der Waals surface area contributed by atoms with Crippen molar-refractivity contribution in [3.05, 3.63) is 35.9 Å². The highest BCUT2D eigenvalue weighted by Gasteiger charge is 2.26. The van der Waals surface area contributed by atoms with E-state index in [4.69, 9.17) is 4.74 Å². The number of carboxylic acids is 1. The first-order valence-corrected chi connectivity index (χ1v) is 5.86. The number of benzene rings is 1. The van der Waals surface area contributed by atoms with Crippen molar-refractivity contribution in [1.82, 2.24) is 4.90 Å². The molecule has 1 atom stereocenters. The fourth-order valence-electron chi connectivity index (χ4n) is 2.10. The zero-order chi connectivity index (χ0) is 12.1. The van der Waals surface area contributed by atoms with Crippen LogP contribution in [-0.2, 0) is 16.0 Å². The highest BCUT2D eigenvalue weighted by atomic mass is 16.5.